The number of hydrogen-bond donors (Lipinski definition) is 0. The van der Waals surface area contributed by atoms with Crippen LogP contribution in [0.15, 0.2) is 12.2 Å². The van der Waals surface area contributed by atoms with Crippen molar-refractivity contribution in [3.63, 3.8) is 0 Å². The highest BCUT2D eigenvalue weighted by atomic mass is 14.0. The fourth-order valence-corrected chi connectivity index (χ4v) is 2.60. The summed E-state index contributed by atoms with van der Waals surface area (Å²) in [4.78, 5) is 0. The van der Waals surface area contributed by atoms with Gasteiger partial charge in [0.2, 0.25) is 0 Å². The number of allylic oxidation sites excluding steroid dienone is 2. The van der Waals surface area contributed by atoms with E-state index in [4.69, 9.17) is 0 Å². The first-order valence-electron chi connectivity index (χ1n) is 9.36. The molecule has 20 heavy (non-hydrogen) atoms. The lowest BCUT2D eigenvalue weighted by Crippen LogP contribution is -1.80. The molecule has 0 saturated carbocycles. The van der Waals surface area contributed by atoms with Gasteiger partial charge in [-0.3, -0.25) is 0 Å². The second kappa shape index (κ2) is 18.7. The number of hydrogen-bond acceptors (Lipinski definition) is 0. The molecule has 0 aromatic rings. The van der Waals surface area contributed by atoms with Crippen LogP contribution in [-0.4, -0.2) is 0 Å². The van der Waals surface area contributed by atoms with Crippen molar-refractivity contribution in [2.24, 2.45) is 0 Å². The SMILES string of the molecule is [CH2]CCCCCCCCCC=CCCCCCCCC. The topological polar surface area (TPSA) is 0 Å². The molecule has 1 radical (unpaired) electrons. The van der Waals surface area contributed by atoms with Crippen LogP contribution in [0.25, 0.3) is 0 Å². The van der Waals surface area contributed by atoms with Crippen LogP contribution in [0.1, 0.15) is 110 Å². The van der Waals surface area contributed by atoms with Crippen molar-refractivity contribution in [2.75, 3.05) is 0 Å². The van der Waals surface area contributed by atoms with Crippen molar-refractivity contribution >= 4 is 0 Å². The van der Waals surface area contributed by atoms with E-state index in [-0.39, 0.29) is 0 Å². The van der Waals surface area contributed by atoms with Crippen LogP contribution < -0.4 is 0 Å². The van der Waals surface area contributed by atoms with E-state index in [0.29, 0.717) is 0 Å². The summed E-state index contributed by atoms with van der Waals surface area (Å²) in [7, 11) is 0. The van der Waals surface area contributed by atoms with Crippen molar-refractivity contribution in [3.8, 4) is 0 Å². The van der Waals surface area contributed by atoms with Gasteiger partial charge in [-0.05, 0) is 25.7 Å². The van der Waals surface area contributed by atoms with Crippen molar-refractivity contribution in [1.29, 1.82) is 0 Å². The maximum atomic E-state index is 3.89. The smallest absolute Gasteiger partial charge is 0.0351 e. The summed E-state index contributed by atoms with van der Waals surface area (Å²) < 4.78 is 0. The summed E-state index contributed by atoms with van der Waals surface area (Å²) in [5, 5.41) is 0. The van der Waals surface area contributed by atoms with E-state index in [1.54, 1.807) is 0 Å². The van der Waals surface area contributed by atoms with Crippen molar-refractivity contribution in [1.82, 2.24) is 0 Å². The minimum Gasteiger partial charge on any atom is -0.0885 e. The Bertz CT molecular complexity index is 180. The van der Waals surface area contributed by atoms with Gasteiger partial charge in [0.25, 0.3) is 0 Å². The standard InChI is InChI=1S/C20H39/c1-3-5-7-9-11-13-15-17-19-20-18-16-14-12-10-8-6-4-2/h18,20H,1,3-17,19H2,2H3. The van der Waals surface area contributed by atoms with Gasteiger partial charge in [-0.15, -0.1) is 0 Å². The number of rotatable bonds is 16. The molecule has 0 aromatic heterocycles. The Morgan fingerprint density at radius 1 is 0.550 bits per heavy atom. The molecule has 0 aliphatic rings. The molecule has 0 spiro atoms. The molecule has 0 heterocycles. The molecule has 0 fully saturated rings. The third-order valence-corrected chi connectivity index (χ3v) is 4.01. The molecule has 0 saturated heterocycles. The lowest BCUT2D eigenvalue weighted by atomic mass is 10.1. The van der Waals surface area contributed by atoms with Crippen LogP contribution in [0.5, 0.6) is 0 Å². The molecule has 0 rings (SSSR count). The van der Waals surface area contributed by atoms with Gasteiger partial charge in [0.15, 0.2) is 0 Å². The average molecular weight is 280 g/mol. The van der Waals surface area contributed by atoms with E-state index in [2.05, 4.69) is 26.0 Å². The molecule has 0 N–H and O–H groups in total. The monoisotopic (exact) mass is 279 g/mol. The summed E-state index contributed by atoms with van der Waals surface area (Å²) in [6, 6.07) is 0. The fraction of sp³-hybridized carbons (Fsp3) is 0.850. The summed E-state index contributed by atoms with van der Waals surface area (Å²) >= 11 is 0. The molecular formula is C20H39. The van der Waals surface area contributed by atoms with E-state index < -0.39 is 0 Å². The Morgan fingerprint density at radius 3 is 1.40 bits per heavy atom. The Kier molecular flexibility index (Phi) is 18.5. The largest absolute Gasteiger partial charge is 0.0885 e. The summed E-state index contributed by atoms with van der Waals surface area (Å²) in [5.74, 6) is 0. The predicted molar refractivity (Wildman–Crippen MR) is 94.0 cm³/mol. The van der Waals surface area contributed by atoms with Gasteiger partial charge in [0.05, 0.1) is 0 Å². The van der Waals surface area contributed by atoms with Gasteiger partial charge in [-0.1, -0.05) is 103 Å². The van der Waals surface area contributed by atoms with E-state index in [9.17, 15) is 0 Å². The molecule has 0 aliphatic carbocycles. The molecular weight excluding hydrogens is 240 g/mol. The first kappa shape index (κ1) is 19.7. The first-order valence-corrected chi connectivity index (χ1v) is 9.36. The maximum Gasteiger partial charge on any atom is -0.0351 e. The minimum atomic E-state index is 1.11. The van der Waals surface area contributed by atoms with Crippen LogP contribution in [-0.2, 0) is 0 Å². The lowest BCUT2D eigenvalue weighted by molar-refractivity contribution is 0.583. The molecule has 0 aromatic carbocycles. The highest BCUT2D eigenvalue weighted by Gasteiger charge is 1.91. The van der Waals surface area contributed by atoms with Crippen LogP contribution in [0.4, 0.5) is 0 Å². The van der Waals surface area contributed by atoms with Gasteiger partial charge >= 0.3 is 0 Å². The molecule has 0 bridgehead atoms. The van der Waals surface area contributed by atoms with Crippen LogP contribution in [0.2, 0.25) is 0 Å². The van der Waals surface area contributed by atoms with Crippen LogP contribution >= 0.6 is 0 Å². The minimum absolute atomic E-state index is 1.11. The van der Waals surface area contributed by atoms with E-state index in [0.717, 1.165) is 6.42 Å². The predicted octanol–water partition coefficient (Wildman–Crippen LogP) is 7.64. The zero-order valence-corrected chi connectivity index (χ0v) is 14.2. The molecule has 119 valence electrons. The van der Waals surface area contributed by atoms with Gasteiger partial charge in [0.1, 0.15) is 0 Å². The van der Waals surface area contributed by atoms with Gasteiger partial charge < -0.3 is 0 Å². The lowest BCUT2D eigenvalue weighted by Gasteiger charge is -2.00. The third kappa shape index (κ3) is 17.7. The van der Waals surface area contributed by atoms with Gasteiger partial charge in [-0.25, -0.2) is 0 Å². The molecule has 0 atom stereocenters. The van der Waals surface area contributed by atoms with E-state index >= 15 is 0 Å². The summed E-state index contributed by atoms with van der Waals surface area (Å²) in [6.07, 6.45) is 26.8. The van der Waals surface area contributed by atoms with Crippen molar-refractivity contribution in [3.05, 3.63) is 19.1 Å². The second-order valence-electron chi connectivity index (χ2n) is 6.14. The Labute approximate surface area is 129 Å². The Hall–Kier alpha value is -0.260. The normalized spacial score (nSPS) is 11.5. The third-order valence-electron chi connectivity index (χ3n) is 4.01. The first-order chi connectivity index (χ1) is 9.91. The van der Waals surface area contributed by atoms with Crippen molar-refractivity contribution in [2.45, 2.75) is 110 Å². The van der Waals surface area contributed by atoms with Crippen molar-refractivity contribution < 1.29 is 0 Å². The molecule has 0 amide bonds. The van der Waals surface area contributed by atoms with Crippen LogP contribution in [0.3, 0.4) is 0 Å². The summed E-state index contributed by atoms with van der Waals surface area (Å²) in [5.41, 5.74) is 0. The quantitative estimate of drug-likeness (QED) is 0.201. The Morgan fingerprint density at radius 2 is 0.950 bits per heavy atom. The highest BCUT2D eigenvalue weighted by Crippen LogP contribution is 2.10. The Balaban J connectivity index is 3.01. The zero-order chi connectivity index (χ0) is 14.7. The maximum absolute atomic E-state index is 3.89. The fourth-order valence-electron chi connectivity index (χ4n) is 2.60. The van der Waals surface area contributed by atoms with E-state index in [1.807, 2.05) is 0 Å². The molecule has 0 heteroatoms. The average Bonchev–Trinajstić information content (AvgIpc) is 2.47. The van der Waals surface area contributed by atoms with Gasteiger partial charge in [-0.2, -0.15) is 0 Å². The summed E-state index contributed by atoms with van der Waals surface area (Å²) in [6.45, 7) is 6.17. The molecule has 0 aliphatic heterocycles. The molecule has 0 unspecified atom stereocenters. The highest BCUT2D eigenvalue weighted by molar-refractivity contribution is 4.81. The van der Waals surface area contributed by atoms with Crippen LogP contribution in [0, 0.1) is 6.92 Å². The number of unbranched alkanes of at least 4 members (excludes halogenated alkanes) is 14. The zero-order valence-electron chi connectivity index (χ0n) is 14.2. The van der Waals surface area contributed by atoms with Gasteiger partial charge in [0, 0.05) is 0 Å². The van der Waals surface area contributed by atoms with E-state index in [1.165, 1.54) is 96.3 Å². The second-order valence-corrected chi connectivity index (χ2v) is 6.14. The molecule has 0 nitrogen and oxygen atoms in total.